The van der Waals surface area contributed by atoms with Gasteiger partial charge in [-0.2, -0.15) is 0 Å². The van der Waals surface area contributed by atoms with Crippen LogP contribution in [0.1, 0.15) is 34.1 Å². The lowest BCUT2D eigenvalue weighted by molar-refractivity contribution is -0.114. The highest BCUT2D eigenvalue weighted by molar-refractivity contribution is 5.98. The molecule has 0 aliphatic rings. The summed E-state index contributed by atoms with van der Waals surface area (Å²) in [4.78, 5) is 37.4. The Kier molecular flexibility index (Phi) is 7.56. The number of benzene rings is 2. The van der Waals surface area contributed by atoms with Gasteiger partial charge in [0, 0.05) is 31.0 Å². The lowest BCUT2D eigenvalue weighted by Crippen LogP contribution is -2.23. The minimum absolute atomic E-state index is 0.0471. The Balaban J connectivity index is 1.88. The Bertz CT molecular complexity index is 832. The summed E-state index contributed by atoms with van der Waals surface area (Å²) in [5.41, 5.74) is 2.22. The summed E-state index contributed by atoms with van der Waals surface area (Å²) in [6, 6.07) is 13.5. The van der Waals surface area contributed by atoms with Crippen LogP contribution in [0.5, 0.6) is 0 Å². The van der Waals surface area contributed by atoms with E-state index in [1.165, 1.54) is 4.90 Å². The molecule has 0 heterocycles. The van der Waals surface area contributed by atoms with Crippen LogP contribution < -0.4 is 10.6 Å². The van der Waals surface area contributed by atoms with Crippen LogP contribution in [0.4, 0.5) is 11.4 Å². The van der Waals surface area contributed by atoms with Gasteiger partial charge < -0.3 is 20.3 Å². The van der Waals surface area contributed by atoms with Gasteiger partial charge >= 0.3 is 5.97 Å². The summed E-state index contributed by atoms with van der Waals surface area (Å²) in [7, 11) is 3.35. The number of nitrogens with zero attached hydrogens (tertiary/aromatic N) is 1. The zero-order valence-electron chi connectivity index (χ0n) is 16.3. The molecular formula is C21H25N3O4. The third-order valence-corrected chi connectivity index (χ3v) is 3.81. The molecule has 2 aromatic carbocycles. The molecule has 7 nitrogen and oxygen atoms in total. The molecule has 0 spiro atoms. The largest absolute Gasteiger partial charge is 0.462 e. The Hall–Kier alpha value is -3.35. The molecule has 2 amide bonds. The molecule has 0 saturated carbocycles. The number of esters is 1. The molecule has 2 aromatic rings. The van der Waals surface area contributed by atoms with Gasteiger partial charge in [-0.25, -0.2) is 4.79 Å². The number of hydrogen-bond acceptors (Lipinski definition) is 5. The van der Waals surface area contributed by atoms with Crippen LogP contribution in [0.25, 0.3) is 0 Å². The zero-order valence-corrected chi connectivity index (χ0v) is 16.3. The summed E-state index contributed by atoms with van der Waals surface area (Å²) in [6.07, 6.45) is 0.771. The Morgan fingerprint density at radius 2 is 1.68 bits per heavy atom. The molecule has 0 aliphatic carbocycles. The Morgan fingerprint density at radius 1 is 0.964 bits per heavy atom. The van der Waals surface area contributed by atoms with Gasteiger partial charge in [0.1, 0.15) is 0 Å². The summed E-state index contributed by atoms with van der Waals surface area (Å²) in [5, 5.41) is 5.74. The molecule has 2 rings (SSSR count). The first-order chi connectivity index (χ1) is 13.4. The van der Waals surface area contributed by atoms with E-state index in [9.17, 15) is 14.4 Å². The van der Waals surface area contributed by atoms with E-state index >= 15 is 0 Å². The van der Waals surface area contributed by atoms with Crippen molar-refractivity contribution in [1.29, 1.82) is 0 Å². The van der Waals surface area contributed by atoms with Crippen LogP contribution in [0, 0.1) is 0 Å². The maximum Gasteiger partial charge on any atom is 0.338 e. The summed E-state index contributed by atoms with van der Waals surface area (Å²) in [6.45, 7) is 2.37. The van der Waals surface area contributed by atoms with E-state index in [1.54, 1.807) is 62.6 Å². The number of rotatable bonds is 8. The van der Waals surface area contributed by atoms with Crippen molar-refractivity contribution in [2.75, 3.05) is 37.9 Å². The smallest absolute Gasteiger partial charge is 0.338 e. The standard InChI is InChI=1S/C21H25N3O4/c1-4-12-28-21(27)15-8-10-17(11-9-15)22-14-19(25)23-18-7-5-6-16(13-18)20(26)24(2)3/h5-11,13,22H,4,12,14H2,1-3H3,(H,23,25). The minimum atomic E-state index is -0.363. The lowest BCUT2D eigenvalue weighted by Gasteiger charge is -2.12. The van der Waals surface area contributed by atoms with Gasteiger partial charge in [0.25, 0.3) is 5.91 Å². The van der Waals surface area contributed by atoms with Crippen LogP contribution in [-0.4, -0.2) is 49.9 Å². The third kappa shape index (κ3) is 6.12. The number of carbonyl (C=O) groups is 3. The van der Waals surface area contributed by atoms with E-state index in [2.05, 4.69) is 10.6 Å². The van der Waals surface area contributed by atoms with Crippen LogP contribution >= 0.6 is 0 Å². The number of amides is 2. The lowest BCUT2D eigenvalue weighted by atomic mass is 10.2. The normalized spacial score (nSPS) is 10.1. The average Bonchev–Trinajstić information content (AvgIpc) is 2.70. The van der Waals surface area contributed by atoms with Crippen LogP contribution in [-0.2, 0) is 9.53 Å². The SMILES string of the molecule is CCCOC(=O)c1ccc(NCC(=O)Nc2cccc(C(=O)N(C)C)c2)cc1. The van der Waals surface area contributed by atoms with E-state index < -0.39 is 0 Å². The Labute approximate surface area is 164 Å². The fourth-order valence-electron chi connectivity index (χ4n) is 2.38. The maximum absolute atomic E-state index is 12.2. The van der Waals surface area contributed by atoms with E-state index in [4.69, 9.17) is 4.74 Å². The zero-order chi connectivity index (χ0) is 20.5. The van der Waals surface area contributed by atoms with Crippen LogP contribution in [0.3, 0.4) is 0 Å². The molecule has 148 valence electrons. The molecule has 0 saturated heterocycles. The van der Waals surface area contributed by atoms with E-state index in [0.717, 1.165) is 6.42 Å². The minimum Gasteiger partial charge on any atom is -0.462 e. The van der Waals surface area contributed by atoms with Crippen molar-refractivity contribution in [2.24, 2.45) is 0 Å². The van der Waals surface area contributed by atoms with E-state index in [-0.39, 0.29) is 24.3 Å². The van der Waals surface area contributed by atoms with Crippen molar-refractivity contribution in [3.63, 3.8) is 0 Å². The molecule has 0 unspecified atom stereocenters. The van der Waals surface area contributed by atoms with Crippen molar-refractivity contribution in [1.82, 2.24) is 4.90 Å². The molecule has 0 atom stereocenters. The fraction of sp³-hybridized carbons (Fsp3) is 0.286. The fourth-order valence-corrected chi connectivity index (χ4v) is 2.38. The molecule has 0 radical (unpaired) electrons. The first-order valence-corrected chi connectivity index (χ1v) is 9.03. The maximum atomic E-state index is 12.2. The molecule has 2 N–H and O–H groups in total. The second-order valence-electron chi connectivity index (χ2n) is 6.40. The molecule has 28 heavy (non-hydrogen) atoms. The first-order valence-electron chi connectivity index (χ1n) is 9.03. The number of anilines is 2. The van der Waals surface area contributed by atoms with Crippen molar-refractivity contribution in [2.45, 2.75) is 13.3 Å². The van der Waals surface area contributed by atoms with Gasteiger partial charge in [0.05, 0.1) is 18.7 Å². The molecule has 0 aromatic heterocycles. The van der Waals surface area contributed by atoms with Crippen molar-refractivity contribution >= 4 is 29.2 Å². The van der Waals surface area contributed by atoms with E-state index in [1.807, 2.05) is 6.92 Å². The third-order valence-electron chi connectivity index (χ3n) is 3.81. The van der Waals surface area contributed by atoms with Gasteiger partial charge in [-0.1, -0.05) is 13.0 Å². The monoisotopic (exact) mass is 383 g/mol. The van der Waals surface area contributed by atoms with Crippen LogP contribution in [0.15, 0.2) is 48.5 Å². The molecule has 0 aliphatic heterocycles. The first kappa shape index (κ1) is 21.0. The second kappa shape index (κ2) is 10.1. The van der Waals surface area contributed by atoms with Gasteiger partial charge in [-0.3, -0.25) is 9.59 Å². The van der Waals surface area contributed by atoms with Gasteiger partial charge in [0.2, 0.25) is 5.91 Å². The number of carbonyl (C=O) groups excluding carboxylic acids is 3. The van der Waals surface area contributed by atoms with Gasteiger partial charge in [0.15, 0.2) is 0 Å². The second-order valence-corrected chi connectivity index (χ2v) is 6.40. The highest BCUT2D eigenvalue weighted by Crippen LogP contribution is 2.13. The Morgan fingerprint density at radius 3 is 2.32 bits per heavy atom. The number of hydrogen-bond donors (Lipinski definition) is 2. The predicted molar refractivity (Wildman–Crippen MR) is 109 cm³/mol. The van der Waals surface area contributed by atoms with Crippen molar-refractivity contribution in [3.05, 3.63) is 59.7 Å². The van der Waals surface area contributed by atoms with Gasteiger partial charge in [-0.15, -0.1) is 0 Å². The summed E-state index contributed by atoms with van der Waals surface area (Å²) >= 11 is 0. The topological polar surface area (TPSA) is 87.7 Å². The summed E-state index contributed by atoms with van der Waals surface area (Å²) in [5.74, 6) is -0.744. The molecule has 0 bridgehead atoms. The number of nitrogens with one attached hydrogen (secondary N) is 2. The molecule has 0 fully saturated rings. The van der Waals surface area contributed by atoms with Crippen molar-refractivity contribution in [3.8, 4) is 0 Å². The van der Waals surface area contributed by atoms with Crippen molar-refractivity contribution < 1.29 is 19.1 Å². The highest BCUT2D eigenvalue weighted by atomic mass is 16.5. The molecular weight excluding hydrogens is 358 g/mol. The average molecular weight is 383 g/mol. The highest BCUT2D eigenvalue weighted by Gasteiger charge is 2.10. The quantitative estimate of drug-likeness (QED) is 0.684. The summed E-state index contributed by atoms with van der Waals surface area (Å²) < 4.78 is 5.07. The molecule has 7 heteroatoms. The number of ether oxygens (including phenoxy) is 1. The van der Waals surface area contributed by atoms with Gasteiger partial charge in [-0.05, 0) is 48.9 Å². The van der Waals surface area contributed by atoms with E-state index in [0.29, 0.717) is 29.1 Å². The predicted octanol–water partition coefficient (Wildman–Crippen LogP) is 3.01. The van der Waals surface area contributed by atoms with Crippen LogP contribution in [0.2, 0.25) is 0 Å².